The summed E-state index contributed by atoms with van der Waals surface area (Å²) in [6.07, 6.45) is 2.85. The van der Waals surface area contributed by atoms with Crippen LogP contribution in [0.5, 0.6) is 11.5 Å². The molecule has 0 radical (unpaired) electrons. The molecule has 1 saturated carbocycles. The van der Waals surface area contributed by atoms with Crippen molar-refractivity contribution in [2.24, 2.45) is 5.73 Å². The Kier molecular flexibility index (Phi) is 2.76. The average Bonchev–Trinajstić information content (AvgIpc) is 2.21. The van der Waals surface area contributed by atoms with Crippen LogP contribution in [0.3, 0.4) is 0 Å². The van der Waals surface area contributed by atoms with Crippen molar-refractivity contribution in [2.75, 3.05) is 13.7 Å². The Labute approximate surface area is 94.0 Å². The molecule has 16 heavy (non-hydrogen) atoms. The van der Waals surface area contributed by atoms with Crippen molar-refractivity contribution in [3.63, 3.8) is 0 Å². The van der Waals surface area contributed by atoms with Crippen LogP contribution in [0.15, 0.2) is 12.1 Å². The molecule has 0 aliphatic heterocycles. The lowest BCUT2D eigenvalue weighted by molar-refractivity contribution is 0.241. The number of rotatable bonds is 3. The third-order valence-electron chi connectivity index (χ3n) is 3.53. The second kappa shape index (κ2) is 3.94. The maximum absolute atomic E-state index is 13.4. The summed E-state index contributed by atoms with van der Waals surface area (Å²) in [5.41, 5.74) is 6.05. The molecule has 1 aliphatic carbocycles. The third kappa shape index (κ3) is 1.53. The zero-order chi connectivity index (χ0) is 11.8. The first-order valence-electron chi connectivity index (χ1n) is 5.40. The summed E-state index contributed by atoms with van der Waals surface area (Å²) in [5, 5.41) is 10.00. The quantitative estimate of drug-likeness (QED) is 0.826. The second-order valence-corrected chi connectivity index (χ2v) is 4.34. The number of halogens is 1. The molecule has 0 saturated heterocycles. The number of benzene rings is 1. The summed E-state index contributed by atoms with van der Waals surface area (Å²) in [7, 11) is 1.41. The van der Waals surface area contributed by atoms with Gasteiger partial charge in [0, 0.05) is 23.6 Å². The Morgan fingerprint density at radius 2 is 2.19 bits per heavy atom. The van der Waals surface area contributed by atoms with Crippen molar-refractivity contribution >= 4 is 0 Å². The van der Waals surface area contributed by atoms with Gasteiger partial charge in [0.15, 0.2) is 11.5 Å². The normalized spacial score (nSPS) is 17.9. The Hall–Kier alpha value is -1.29. The van der Waals surface area contributed by atoms with Crippen LogP contribution < -0.4 is 10.5 Å². The van der Waals surface area contributed by atoms with Gasteiger partial charge < -0.3 is 15.6 Å². The second-order valence-electron chi connectivity index (χ2n) is 4.34. The van der Waals surface area contributed by atoms with Gasteiger partial charge in [-0.05, 0) is 18.9 Å². The minimum atomic E-state index is -0.399. The third-order valence-corrected chi connectivity index (χ3v) is 3.53. The van der Waals surface area contributed by atoms with Crippen LogP contribution >= 0.6 is 0 Å². The number of nitrogens with two attached hydrogens (primary N) is 1. The summed E-state index contributed by atoms with van der Waals surface area (Å²) in [4.78, 5) is 0. The molecule has 3 nitrogen and oxygen atoms in total. The van der Waals surface area contributed by atoms with E-state index in [1.165, 1.54) is 19.2 Å². The Morgan fingerprint density at radius 3 is 2.62 bits per heavy atom. The fourth-order valence-corrected chi connectivity index (χ4v) is 2.32. The number of methoxy groups -OCH3 is 1. The van der Waals surface area contributed by atoms with Crippen LogP contribution in [0.25, 0.3) is 0 Å². The minimum absolute atomic E-state index is 0.0223. The highest BCUT2D eigenvalue weighted by Crippen LogP contribution is 2.48. The largest absolute Gasteiger partial charge is 0.504 e. The number of phenolic OH excluding ortho intramolecular Hbond substituents is 1. The Bertz CT molecular complexity index is 397. The summed E-state index contributed by atoms with van der Waals surface area (Å²) in [6, 6.07) is 2.55. The van der Waals surface area contributed by atoms with Crippen LogP contribution in [0.2, 0.25) is 0 Å². The van der Waals surface area contributed by atoms with Gasteiger partial charge in [0.25, 0.3) is 0 Å². The molecule has 0 spiro atoms. The van der Waals surface area contributed by atoms with Crippen LogP contribution in [-0.4, -0.2) is 18.8 Å². The average molecular weight is 225 g/mol. The van der Waals surface area contributed by atoms with Crippen molar-refractivity contribution in [1.29, 1.82) is 0 Å². The highest BCUT2D eigenvalue weighted by Gasteiger charge is 2.40. The van der Waals surface area contributed by atoms with Crippen LogP contribution in [0.4, 0.5) is 4.39 Å². The van der Waals surface area contributed by atoms with E-state index in [-0.39, 0.29) is 16.9 Å². The van der Waals surface area contributed by atoms with E-state index in [9.17, 15) is 9.50 Å². The molecule has 0 unspecified atom stereocenters. The molecule has 0 atom stereocenters. The molecule has 1 aromatic carbocycles. The molecule has 3 N–H and O–H groups in total. The van der Waals surface area contributed by atoms with Crippen molar-refractivity contribution in [3.05, 3.63) is 23.5 Å². The van der Waals surface area contributed by atoms with Gasteiger partial charge >= 0.3 is 0 Å². The molecular formula is C12H16FNO2. The number of hydrogen-bond donors (Lipinski definition) is 2. The molecule has 1 aromatic rings. The molecule has 0 heterocycles. The van der Waals surface area contributed by atoms with Gasteiger partial charge in [0.05, 0.1) is 7.11 Å². The van der Waals surface area contributed by atoms with Gasteiger partial charge in [-0.1, -0.05) is 6.42 Å². The standard InChI is InChI=1S/C12H16FNO2/c1-16-10-6-8(13)5-9(11(10)15)12(7-14)3-2-4-12/h5-6,15H,2-4,7,14H2,1H3. The zero-order valence-electron chi connectivity index (χ0n) is 9.29. The topological polar surface area (TPSA) is 55.5 Å². The predicted molar refractivity (Wildman–Crippen MR) is 59.2 cm³/mol. The Balaban J connectivity index is 2.51. The zero-order valence-corrected chi connectivity index (χ0v) is 9.29. The molecule has 0 amide bonds. The van der Waals surface area contributed by atoms with Crippen LogP contribution in [0.1, 0.15) is 24.8 Å². The van der Waals surface area contributed by atoms with Crippen molar-refractivity contribution in [3.8, 4) is 11.5 Å². The number of phenols is 1. The maximum Gasteiger partial charge on any atom is 0.163 e. The number of ether oxygens (including phenoxy) is 1. The smallest absolute Gasteiger partial charge is 0.163 e. The van der Waals surface area contributed by atoms with Crippen molar-refractivity contribution < 1.29 is 14.2 Å². The van der Waals surface area contributed by atoms with E-state index in [4.69, 9.17) is 10.5 Å². The summed E-state index contributed by atoms with van der Waals surface area (Å²) in [5.74, 6) is -0.201. The lowest BCUT2D eigenvalue weighted by Gasteiger charge is -2.41. The first-order valence-corrected chi connectivity index (χ1v) is 5.40. The van der Waals surface area contributed by atoms with Gasteiger partial charge in [-0.25, -0.2) is 4.39 Å². The first-order chi connectivity index (χ1) is 7.63. The van der Waals surface area contributed by atoms with E-state index in [1.807, 2.05) is 0 Å². The molecular weight excluding hydrogens is 209 g/mol. The molecule has 1 fully saturated rings. The molecule has 0 bridgehead atoms. The van der Waals surface area contributed by atoms with Gasteiger partial charge in [-0.3, -0.25) is 0 Å². The van der Waals surface area contributed by atoms with Gasteiger partial charge in [0.2, 0.25) is 0 Å². The van der Waals surface area contributed by atoms with E-state index < -0.39 is 5.82 Å². The molecule has 2 rings (SSSR count). The van der Waals surface area contributed by atoms with E-state index in [0.29, 0.717) is 12.1 Å². The van der Waals surface area contributed by atoms with E-state index in [0.717, 1.165) is 19.3 Å². The van der Waals surface area contributed by atoms with Gasteiger partial charge in [0.1, 0.15) is 5.82 Å². The number of hydrogen-bond acceptors (Lipinski definition) is 3. The van der Waals surface area contributed by atoms with Crippen LogP contribution in [0, 0.1) is 5.82 Å². The highest BCUT2D eigenvalue weighted by molar-refractivity contribution is 5.50. The summed E-state index contributed by atoms with van der Waals surface area (Å²) < 4.78 is 18.3. The van der Waals surface area contributed by atoms with Gasteiger partial charge in [-0.2, -0.15) is 0 Å². The lowest BCUT2D eigenvalue weighted by atomic mass is 9.64. The Morgan fingerprint density at radius 1 is 1.50 bits per heavy atom. The van der Waals surface area contributed by atoms with E-state index in [1.54, 1.807) is 0 Å². The van der Waals surface area contributed by atoms with Crippen molar-refractivity contribution in [1.82, 2.24) is 0 Å². The van der Waals surface area contributed by atoms with Crippen molar-refractivity contribution in [2.45, 2.75) is 24.7 Å². The highest BCUT2D eigenvalue weighted by atomic mass is 19.1. The molecule has 88 valence electrons. The van der Waals surface area contributed by atoms with E-state index in [2.05, 4.69) is 0 Å². The SMILES string of the molecule is COc1cc(F)cc(C2(CN)CCC2)c1O. The molecule has 0 aromatic heterocycles. The van der Waals surface area contributed by atoms with Gasteiger partial charge in [-0.15, -0.1) is 0 Å². The fourth-order valence-electron chi connectivity index (χ4n) is 2.32. The first kappa shape index (κ1) is 11.2. The number of aromatic hydroxyl groups is 1. The summed E-state index contributed by atoms with van der Waals surface area (Å²) >= 11 is 0. The van der Waals surface area contributed by atoms with E-state index >= 15 is 0 Å². The summed E-state index contributed by atoms with van der Waals surface area (Å²) in [6.45, 7) is 0.424. The monoisotopic (exact) mass is 225 g/mol. The minimum Gasteiger partial charge on any atom is -0.504 e. The fraction of sp³-hybridized carbons (Fsp3) is 0.500. The van der Waals surface area contributed by atoms with Crippen LogP contribution in [-0.2, 0) is 5.41 Å². The molecule has 1 aliphatic rings. The molecule has 4 heteroatoms. The predicted octanol–water partition coefficient (Wildman–Crippen LogP) is 1.92. The maximum atomic E-state index is 13.4. The lowest BCUT2D eigenvalue weighted by Crippen LogP contribution is -2.41.